The Kier molecular flexibility index (Phi) is 3.84. The molecule has 0 aliphatic heterocycles. The average Bonchev–Trinajstić information content (AvgIpc) is 1.97. The van der Waals surface area contributed by atoms with Crippen LogP contribution in [0.25, 0.3) is 0 Å². The maximum absolute atomic E-state index is 12.6. The zero-order valence-electron chi connectivity index (χ0n) is 7.24. The molecular weight excluding hydrogens is 211 g/mol. The molecule has 0 saturated heterocycles. The molecule has 1 N–H and O–H groups in total. The summed E-state index contributed by atoms with van der Waals surface area (Å²) in [4.78, 5) is 10.0. The first kappa shape index (κ1) is 13.1. The van der Waals surface area contributed by atoms with E-state index in [4.69, 9.17) is 5.11 Å². The third-order valence-electron chi connectivity index (χ3n) is 1.80. The van der Waals surface area contributed by atoms with E-state index in [0.717, 1.165) is 6.92 Å². The van der Waals surface area contributed by atoms with Gasteiger partial charge in [0.05, 0.1) is 6.42 Å². The summed E-state index contributed by atoms with van der Waals surface area (Å²) in [6.07, 6.45) is -7.43. The van der Waals surface area contributed by atoms with Crippen LogP contribution in [0.1, 0.15) is 19.8 Å². The van der Waals surface area contributed by atoms with E-state index in [2.05, 4.69) is 0 Å². The van der Waals surface area contributed by atoms with E-state index >= 15 is 0 Å². The van der Waals surface area contributed by atoms with Gasteiger partial charge in [0.15, 0.2) is 0 Å². The number of hydrogen-bond acceptors (Lipinski definition) is 1. The molecule has 0 rings (SSSR count). The van der Waals surface area contributed by atoms with Crippen LogP contribution in [-0.2, 0) is 4.79 Å². The maximum atomic E-state index is 12.6. The van der Waals surface area contributed by atoms with Crippen molar-refractivity contribution < 1.29 is 31.9 Å². The molecular formula is C7H9F5O2. The fraction of sp³-hybridized carbons (Fsp3) is 0.857. The predicted octanol–water partition coefficient (Wildman–Crippen LogP) is 2.68. The minimum absolute atomic E-state index is 0.543. The van der Waals surface area contributed by atoms with Crippen molar-refractivity contribution in [3.63, 3.8) is 0 Å². The molecule has 0 saturated carbocycles. The van der Waals surface area contributed by atoms with Gasteiger partial charge in [-0.3, -0.25) is 4.79 Å². The molecule has 0 aliphatic rings. The second-order valence-corrected chi connectivity index (χ2v) is 2.82. The van der Waals surface area contributed by atoms with E-state index in [-0.39, 0.29) is 0 Å². The van der Waals surface area contributed by atoms with Gasteiger partial charge >= 0.3 is 18.1 Å². The maximum Gasteiger partial charge on any atom is 0.453 e. The first-order chi connectivity index (χ1) is 6.13. The Labute approximate surface area is 76.7 Å². The highest BCUT2D eigenvalue weighted by atomic mass is 19.4. The highest BCUT2D eigenvalue weighted by Gasteiger charge is 2.61. The van der Waals surface area contributed by atoms with Gasteiger partial charge in [0.25, 0.3) is 0 Å². The molecule has 0 aliphatic carbocycles. The summed E-state index contributed by atoms with van der Waals surface area (Å²) in [5.41, 5.74) is 0. The number of carboxylic acid groups (broad SMARTS) is 1. The van der Waals surface area contributed by atoms with Gasteiger partial charge in [-0.1, -0.05) is 6.92 Å². The molecule has 14 heavy (non-hydrogen) atoms. The van der Waals surface area contributed by atoms with E-state index < -0.39 is 36.8 Å². The normalized spacial score (nSPS) is 15.3. The van der Waals surface area contributed by atoms with Gasteiger partial charge in [-0.05, 0) is 6.42 Å². The Morgan fingerprint density at radius 1 is 1.29 bits per heavy atom. The molecule has 84 valence electrons. The second kappa shape index (κ2) is 4.10. The van der Waals surface area contributed by atoms with Crippen molar-refractivity contribution in [3.8, 4) is 0 Å². The summed E-state index contributed by atoms with van der Waals surface area (Å²) in [6.45, 7) is 1.09. The SMILES string of the molecule is CCC(CC(=O)O)C(F)(F)C(F)(F)F. The van der Waals surface area contributed by atoms with Gasteiger partial charge in [-0.15, -0.1) is 0 Å². The number of alkyl halides is 5. The van der Waals surface area contributed by atoms with Crippen molar-refractivity contribution in [1.82, 2.24) is 0 Å². The molecule has 0 aromatic carbocycles. The van der Waals surface area contributed by atoms with E-state index in [1.165, 1.54) is 0 Å². The van der Waals surface area contributed by atoms with E-state index in [1.807, 2.05) is 0 Å². The summed E-state index contributed by atoms with van der Waals surface area (Å²) in [6, 6.07) is 0. The van der Waals surface area contributed by atoms with Gasteiger partial charge < -0.3 is 5.11 Å². The number of hydrogen-bond donors (Lipinski definition) is 1. The molecule has 1 unspecified atom stereocenters. The van der Waals surface area contributed by atoms with Crippen molar-refractivity contribution in [2.75, 3.05) is 0 Å². The summed E-state index contributed by atoms with van der Waals surface area (Å²) in [5, 5.41) is 8.14. The molecule has 2 nitrogen and oxygen atoms in total. The lowest BCUT2D eigenvalue weighted by Gasteiger charge is -2.26. The Balaban J connectivity index is 4.74. The molecule has 0 aromatic rings. The van der Waals surface area contributed by atoms with Crippen molar-refractivity contribution in [3.05, 3.63) is 0 Å². The van der Waals surface area contributed by atoms with Crippen LogP contribution < -0.4 is 0 Å². The van der Waals surface area contributed by atoms with Crippen LogP contribution in [0.15, 0.2) is 0 Å². The van der Waals surface area contributed by atoms with Crippen molar-refractivity contribution >= 4 is 5.97 Å². The number of rotatable bonds is 4. The lowest BCUT2D eigenvalue weighted by atomic mass is 9.94. The van der Waals surface area contributed by atoms with Gasteiger partial charge in [-0.2, -0.15) is 22.0 Å². The standard InChI is InChI=1S/C7H9F5O2/c1-2-4(3-5(13)14)6(8,9)7(10,11)12/h4H,2-3H2,1H3,(H,13,14). The number of halogens is 5. The topological polar surface area (TPSA) is 37.3 Å². The highest BCUT2D eigenvalue weighted by Crippen LogP contribution is 2.43. The van der Waals surface area contributed by atoms with E-state index in [9.17, 15) is 26.7 Å². The number of carboxylic acids is 1. The summed E-state index contributed by atoms with van der Waals surface area (Å²) >= 11 is 0. The third-order valence-corrected chi connectivity index (χ3v) is 1.80. The second-order valence-electron chi connectivity index (χ2n) is 2.82. The minimum atomic E-state index is -5.69. The lowest BCUT2D eigenvalue weighted by Crippen LogP contribution is -2.44. The molecule has 0 fully saturated rings. The number of carbonyl (C=O) groups is 1. The molecule has 0 heterocycles. The van der Waals surface area contributed by atoms with Crippen molar-refractivity contribution in [2.24, 2.45) is 5.92 Å². The van der Waals surface area contributed by atoms with Crippen molar-refractivity contribution in [2.45, 2.75) is 31.9 Å². The Morgan fingerprint density at radius 2 is 1.71 bits per heavy atom. The highest BCUT2D eigenvalue weighted by molar-refractivity contribution is 5.67. The largest absolute Gasteiger partial charge is 0.481 e. The Morgan fingerprint density at radius 3 is 1.93 bits per heavy atom. The van der Waals surface area contributed by atoms with Gasteiger partial charge in [0, 0.05) is 5.92 Å². The fourth-order valence-electron chi connectivity index (χ4n) is 0.971. The minimum Gasteiger partial charge on any atom is -0.481 e. The number of aliphatic carboxylic acids is 1. The summed E-state index contributed by atoms with van der Waals surface area (Å²) < 4.78 is 60.5. The van der Waals surface area contributed by atoms with Crippen LogP contribution >= 0.6 is 0 Å². The van der Waals surface area contributed by atoms with Gasteiger partial charge in [0.2, 0.25) is 0 Å². The average molecular weight is 220 g/mol. The van der Waals surface area contributed by atoms with Crippen LogP contribution in [0.2, 0.25) is 0 Å². The first-order valence-corrected chi connectivity index (χ1v) is 3.79. The van der Waals surface area contributed by atoms with Crippen LogP contribution in [0, 0.1) is 5.92 Å². The fourth-order valence-corrected chi connectivity index (χ4v) is 0.971. The molecule has 7 heteroatoms. The Hall–Kier alpha value is -0.880. The lowest BCUT2D eigenvalue weighted by molar-refractivity contribution is -0.303. The molecule has 0 aromatic heterocycles. The van der Waals surface area contributed by atoms with Crippen molar-refractivity contribution in [1.29, 1.82) is 0 Å². The monoisotopic (exact) mass is 220 g/mol. The molecule has 0 amide bonds. The first-order valence-electron chi connectivity index (χ1n) is 3.79. The summed E-state index contributed by atoms with van der Waals surface area (Å²) in [7, 11) is 0. The van der Waals surface area contributed by atoms with Crippen LogP contribution in [-0.4, -0.2) is 23.2 Å². The quantitative estimate of drug-likeness (QED) is 0.739. The predicted molar refractivity (Wildman–Crippen MR) is 37.0 cm³/mol. The molecule has 0 radical (unpaired) electrons. The van der Waals surface area contributed by atoms with E-state index in [1.54, 1.807) is 0 Å². The Bertz CT molecular complexity index is 211. The third kappa shape index (κ3) is 2.81. The zero-order valence-corrected chi connectivity index (χ0v) is 7.24. The molecule has 1 atom stereocenters. The van der Waals surface area contributed by atoms with E-state index in [0.29, 0.717) is 0 Å². The van der Waals surface area contributed by atoms with Gasteiger partial charge in [-0.25, -0.2) is 0 Å². The zero-order chi connectivity index (χ0) is 11.6. The molecule has 0 bridgehead atoms. The summed E-state index contributed by atoms with van der Waals surface area (Å²) in [5.74, 6) is -8.82. The van der Waals surface area contributed by atoms with Gasteiger partial charge in [0.1, 0.15) is 0 Å². The van der Waals surface area contributed by atoms with Crippen LogP contribution in [0.5, 0.6) is 0 Å². The van der Waals surface area contributed by atoms with Crippen LogP contribution in [0.3, 0.4) is 0 Å². The smallest absolute Gasteiger partial charge is 0.453 e. The van der Waals surface area contributed by atoms with Crippen LogP contribution in [0.4, 0.5) is 22.0 Å². The molecule has 0 spiro atoms.